The van der Waals surface area contributed by atoms with E-state index in [1.807, 2.05) is 0 Å². The van der Waals surface area contributed by atoms with Gasteiger partial charge in [-0.05, 0) is 45.4 Å². The Kier molecular flexibility index (Phi) is 18.9. The van der Waals surface area contributed by atoms with Crippen molar-refractivity contribution in [1.29, 1.82) is 0 Å². The van der Waals surface area contributed by atoms with Gasteiger partial charge in [-0.15, -0.1) is 0 Å². The highest BCUT2D eigenvalue weighted by molar-refractivity contribution is 5.70. The van der Waals surface area contributed by atoms with Crippen molar-refractivity contribution in [1.82, 2.24) is 0 Å². The highest BCUT2D eigenvalue weighted by Crippen LogP contribution is 2.32. The number of epoxide rings is 2. The number of carbonyl (C=O) groups is 2. The molecule has 0 aromatic carbocycles. The van der Waals surface area contributed by atoms with E-state index < -0.39 is 6.10 Å². The molecule has 0 bridgehead atoms. The second kappa shape index (κ2) is 21.6. The zero-order valence-corrected chi connectivity index (χ0v) is 25.6. The van der Waals surface area contributed by atoms with Crippen LogP contribution in [0.1, 0.15) is 162 Å². The molecule has 6 nitrogen and oxygen atoms in total. The smallest absolute Gasteiger partial charge is 0.306 e. The van der Waals surface area contributed by atoms with Gasteiger partial charge in [0.25, 0.3) is 0 Å². The first-order valence-corrected chi connectivity index (χ1v) is 16.7. The molecule has 0 saturated carbocycles. The van der Waals surface area contributed by atoms with Gasteiger partial charge in [0, 0.05) is 12.8 Å². The van der Waals surface area contributed by atoms with Crippen molar-refractivity contribution >= 4 is 11.9 Å². The third kappa shape index (κ3) is 18.0. The summed E-state index contributed by atoms with van der Waals surface area (Å²) < 4.78 is 22.3. The molecule has 39 heavy (non-hydrogen) atoms. The van der Waals surface area contributed by atoms with E-state index in [0.717, 1.165) is 38.5 Å². The summed E-state index contributed by atoms with van der Waals surface area (Å²) in [6.07, 6.45) is 26.1. The number of hydrogen-bond acceptors (Lipinski definition) is 6. The molecule has 0 aromatic rings. The molecular weight excluding hydrogens is 492 g/mol. The Morgan fingerprint density at radius 3 is 1.41 bits per heavy atom. The van der Waals surface area contributed by atoms with Crippen LogP contribution in [0.4, 0.5) is 0 Å². The first kappa shape index (κ1) is 34.1. The standard InChI is InChI=1S/C33H60O6/c1-4-6-8-10-12-14-16-20-28-30(38-28)22-18-24-32(34)36-26-27(3)37-33(35)25-19-23-31-29(39-31)21-17-15-13-11-9-7-5-2/h27-31H,4-26H2,1-3H3. The summed E-state index contributed by atoms with van der Waals surface area (Å²) in [5.41, 5.74) is 0. The van der Waals surface area contributed by atoms with Gasteiger partial charge >= 0.3 is 11.9 Å². The number of ether oxygens (including phenoxy) is 4. The molecule has 2 aliphatic rings. The van der Waals surface area contributed by atoms with E-state index in [1.165, 1.54) is 89.9 Å². The van der Waals surface area contributed by atoms with Crippen LogP contribution in [0.2, 0.25) is 0 Å². The second-order valence-electron chi connectivity index (χ2n) is 12.0. The van der Waals surface area contributed by atoms with Crippen molar-refractivity contribution < 1.29 is 28.5 Å². The molecule has 2 rings (SSSR count). The molecule has 2 saturated heterocycles. The zero-order valence-electron chi connectivity index (χ0n) is 25.6. The van der Waals surface area contributed by atoms with Crippen molar-refractivity contribution in [3.05, 3.63) is 0 Å². The molecule has 2 heterocycles. The van der Waals surface area contributed by atoms with Gasteiger partial charge in [-0.2, -0.15) is 0 Å². The van der Waals surface area contributed by atoms with Gasteiger partial charge in [-0.25, -0.2) is 0 Å². The lowest BCUT2D eigenvalue weighted by atomic mass is 10.0. The van der Waals surface area contributed by atoms with Crippen LogP contribution in [0.25, 0.3) is 0 Å². The summed E-state index contributed by atoms with van der Waals surface area (Å²) in [4.78, 5) is 24.2. The van der Waals surface area contributed by atoms with Gasteiger partial charge in [0.2, 0.25) is 0 Å². The minimum atomic E-state index is -0.415. The second-order valence-corrected chi connectivity index (χ2v) is 12.0. The SMILES string of the molecule is CCCCCCCCCC1OC1CCCC(=O)OCC(C)OC(=O)CCCC1OC1CCCCCCCCC. The first-order chi connectivity index (χ1) is 19.0. The Morgan fingerprint density at radius 1 is 0.564 bits per heavy atom. The topological polar surface area (TPSA) is 77.7 Å². The first-order valence-electron chi connectivity index (χ1n) is 16.7. The molecule has 0 aliphatic carbocycles. The molecule has 2 aliphatic heterocycles. The molecule has 0 radical (unpaired) electrons. The van der Waals surface area contributed by atoms with Crippen LogP contribution in [0.3, 0.4) is 0 Å². The van der Waals surface area contributed by atoms with Crippen LogP contribution in [-0.4, -0.2) is 49.1 Å². The predicted octanol–water partition coefficient (Wildman–Crippen LogP) is 8.62. The number of hydrogen-bond donors (Lipinski definition) is 0. The van der Waals surface area contributed by atoms with Gasteiger partial charge in [-0.3, -0.25) is 9.59 Å². The third-order valence-electron chi connectivity index (χ3n) is 8.11. The van der Waals surface area contributed by atoms with Gasteiger partial charge in [0.15, 0.2) is 0 Å². The molecular formula is C33H60O6. The summed E-state index contributed by atoms with van der Waals surface area (Å²) >= 11 is 0. The van der Waals surface area contributed by atoms with Gasteiger partial charge < -0.3 is 18.9 Å². The highest BCUT2D eigenvalue weighted by atomic mass is 16.6. The molecule has 6 heteroatoms. The Morgan fingerprint density at radius 2 is 0.949 bits per heavy atom. The Bertz CT molecular complexity index is 638. The molecule has 0 spiro atoms. The summed E-state index contributed by atoms with van der Waals surface area (Å²) in [5, 5.41) is 0. The van der Waals surface area contributed by atoms with Crippen molar-refractivity contribution in [3.8, 4) is 0 Å². The number of carbonyl (C=O) groups excluding carboxylic acids is 2. The minimum absolute atomic E-state index is 0.123. The summed E-state index contributed by atoms with van der Waals surface area (Å²) in [7, 11) is 0. The van der Waals surface area contributed by atoms with Crippen molar-refractivity contribution in [2.75, 3.05) is 6.61 Å². The number of unbranched alkanes of at least 4 members (excludes halogenated alkanes) is 12. The highest BCUT2D eigenvalue weighted by Gasteiger charge is 2.38. The molecule has 0 aromatic heterocycles. The van der Waals surface area contributed by atoms with Gasteiger partial charge in [0.1, 0.15) is 12.7 Å². The lowest BCUT2D eigenvalue weighted by Gasteiger charge is -2.13. The normalized spacial score (nSPS) is 22.4. The van der Waals surface area contributed by atoms with E-state index in [4.69, 9.17) is 18.9 Å². The van der Waals surface area contributed by atoms with Crippen molar-refractivity contribution in [2.24, 2.45) is 0 Å². The maximum absolute atomic E-state index is 12.1. The summed E-state index contributed by atoms with van der Waals surface area (Å²) in [5.74, 6) is -0.444. The number of esters is 2. The van der Waals surface area contributed by atoms with Crippen molar-refractivity contribution in [3.63, 3.8) is 0 Å². The Hall–Kier alpha value is -1.14. The van der Waals surface area contributed by atoms with E-state index in [2.05, 4.69) is 13.8 Å². The quantitative estimate of drug-likeness (QED) is 0.0577. The fraction of sp³-hybridized carbons (Fsp3) is 0.939. The Labute approximate surface area is 239 Å². The molecule has 5 unspecified atom stereocenters. The van der Waals surface area contributed by atoms with E-state index in [1.54, 1.807) is 6.92 Å². The molecule has 0 N–H and O–H groups in total. The maximum atomic E-state index is 12.1. The largest absolute Gasteiger partial charge is 0.462 e. The monoisotopic (exact) mass is 552 g/mol. The minimum Gasteiger partial charge on any atom is -0.462 e. The van der Waals surface area contributed by atoms with Crippen LogP contribution in [0.5, 0.6) is 0 Å². The van der Waals surface area contributed by atoms with E-state index >= 15 is 0 Å². The Balaban J connectivity index is 1.34. The lowest BCUT2D eigenvalue weighted by molar-refractivity contribution is -0.158. The maximum Gasteiger partial charge on any atom is 0.306 e. The van der Waals surface area contributed by atoms with Crippen LogP contribution < -0.4 is 0 Å². The third-order valence-corrected chi connectivity index (χ3v) is 8.11. The molecule has 228 valence electrons. The van der Waals surface area contributed by atoms with Crippen LogP contribution in [0.15, 0.2) is 0 Å². The van der Waals surface area contributed by atoms with Crippen LogP contribution in [0, 0.1) is 0 Å². The molecule has 2 fully saturated rings. The van der Waals surface area contributed by atoms with Gasteiger partial charge in [-0.1, -0.05) is 104 Å². The summed E-state index contributed by atoms with van der Waals surface area (Å²) in [6.45, 7) is 6.40. The fourth-order valence-corrected chi connectivity index (χ4v) is 5.47. The molecule has 0 amide bonds. The van der Waals surface area contributed by atoms with E-state index in [9.17, 15) is 9.59 Å². The average molecular weight is 553 g/mol. The van der Waals surface area contributed by atoms with Crippen molar-refractivity contribution in [2.45, 2.75) is 193 Å². The van der Waals surface area contributed by atoms with E-state index in [0.29, 0.717) is 37.3 Å². The fourth-order valence-electron chi connectivity index (χ4n) is 5.47. The lowest BCUT2D eigenvalue weighted by Crippen LogP contribution is -2.22. The molecule has 5 atom stereocenters. The average Bonchev–Trinajstić information content (AvgIpc) is 3.84. The van der Waals surface area contributed by atoms with Gasteiger partial charge in [0.05, 0.1) is 24.4 Å². The van der Waals surface area contributed by atoms with E-state index in [-0.39, 0.29) is 18.5 Å². The summed E-state index contributed by atoms with van der Waals surface area (Å²) in [6, 6.07) is 0. The predicted molar refractivity (Wildman–Crippen MR) is 157 cm³/mol. The number of rotatable bonds is 27. The van der Waals surface area contributed by atoms with Crippen LogP contribution >= 0.6 is 0 Å². The van der Waals surface area contributed by atoms with Crippen LogP contribution in [-0.2, 0) is 28.5 Å². The zero-order chi connectivity index (χ0) is 28.1.